The number of aliphatic hydroxyl groups is 1. The van der Waals surface area contributed by atoms with E-state index < -0.39 is 21.0 Å². The van der Waals surface area contributed by atoms with Crippen LogP contribution in [0.3, 0.4) is 0 Å². The number of allylic oxidation sites excluding steroid dienone is 1. The smallest absolute Gasteiger partial charge is 0.293 e. The molecule has 2 rings (SSSR count). The largest absolute Gasteiger partial charge is 0.507 e. The summed E-state index contributed by atoms with van der Waals surface area (Å²) >= 11 is 0. The van der Waals surface area contributed by atoms with Crippen LogP contribution in [0.1, 0.15) is 19.8 Å². The van der Waals surface area contributed by atoms with Crippen molar-refractivity contribution in [3.63, 3.8) is 0 Å². The van der Waals surface area contributed by atoms with Gasteiger partial charge in [0.25, 0.3) is 6.47 Å². The molecule has 0 bridgehead atoms. The number of hydrogen-bond donors (Lipinski definition) is 2. The molecule has 0 aliphatic carbocycles. The first-order chi connectivity index (χ1) is 8.60. The van der Waals surface area contributed by atoms with Gasteiger partial charge < -0.3 is 15.2 Å². The molecule has 5 nitrogen and oxygen atoms in total. The van der Waals surface area contributed by atoms with Gasteiger partial charge in [-0.05, 0) is 37.8 Å². The van der Waals surface area contributed by atoms with E-state index >= 15 is 0 Å². The molecule has 0 aromatic rings. The second kappa shape index (κ2) is 4.78. The van der Waals surface area contributed by atoms with Crippen LogP contribution in [0.25, 0.3) is 0 Å². The highest BCUT2D eigenvalue weighted by atomic mass is 32.3. The minimum Gasteiger partial charge on any atom is -0.507 e. The molecule has 1 saturated heterocycles. The average Bonchev–Trinajstić information content (AvgIpc) is 2.97. The molecule has 6 heteroatoms. The Bertz CT molecular complexity index is 414. The lowest BCUT2D eigenvalue weighted by molar-refractivity contribution is -0.134. The maximum atomic E-state index is 11.6. The second-order valence-electron chi connectivity index (χ2n) is 4.50. The van der Waals surface area contributed by atoms with Crippen LogP contribution in [0.2, 0.25) is 0 Å². The van der Waals surface area contributed by atoms with Crippen molar-refractivity contribution in [3.8, 4) is 0 Å². The number of carbonyl (C=O) groups excluding carboxylic acids is 2. The zero-order valence-corrected chi connectivity index (χ0v) is 11.0. The molecule has 2 aliphatic heterocycles. The van der Waals surface area contributed by atoms with Crippen molar-refractivity contribution < 1.29 is 19.4 Å². The summed E-state index contributed by atoms with van der Waals surface area (Å²) in [5.74, 6) is 0.100. The summed E-state index contributed by atoms with van der Waals surface area (Å²) in [7, 11) is -1.98. The van der Waals surface area contributed by atoms with E-state index in [2.05, 4.69) is 5.32 Å². The average molecular weight is 271 g/mol. The van der Waals surface area contributed by atoms with Crippen LogP contribution >= 0.6 is 10.0 Å². The van der Waals surface area contributed by atoms with E-state index in [1.165, 1.54) is 0 Å². The predicted molar refractivity (Wildman–Crippen MR) is 70.8 cm³/mol. The number of hydrogen-bond acceptors (Lipinski definition) is 5. The molecule has 1 fully saturated rings. The molecule has 18 heavy (non-hydrogen) atoms. The molecule has 2 N–H and O–H groups in total. The fraction of sp³-hybridized carbons (Fsp3) is 0.500. The van der Waals surface area contributed by atoms with Gasteiger partial charge in [0.05, 0.1) is 4.87 Å². The summed E-state index contributed by atoms with van der Waals surface area (Å²) in [5, 5.41) is 16.3. The molecule has 3 atom stereocenters. The Morgan fingerprint density at radius 2 is 2.39 bits per heavy atom. The minimum absolute atomic E-state index is 0.100. The molecule has 0 radical (unpaired) electrons. The first-order valence-corrected chi connectivity index (χ1v) is 7.63. The summed E-state index contributed by atoms with van der Waals surface area (Å²) in [6, 6.07) is 0. The van der Waals surface area contributed by atoms with Crippen molar-refractivity contribution in [2.24, 2.45) is 0 Å². The van der Waals surface area contributed by atoms with E-state index in [1.54, 1.807) is 23.8 Å². The highest BCUT2D eigenvalue weighted by molar-refractivity contribution is 8.49. The van der Waals surface area contributed by atoms with E-state index in [0.717, 1.165) is 25.0 Å². The van der Waals surface area contributed by atoms with Crippen molar-refractivity contribution in [2.45, 2.75) is 30.7 Å². The Balaban J connectivity index is 2.44. The van der Waals surface area contributed by atoms with Gasteiger partial charge in [0, 0.05) is 5.41 Å². The van der Waals surface area contributed by atoms with Crippen LogP contribution in [0.4, 0.5) is 0 Å². The van der Waals surface area contributed by atoms with E-state index in [0.29, 0.717) is 6.47 Å². The van der Waals surface area contributed by atoms with Gasteiger partial charge in [0.15, 0.2) is 5.62 Å². The molecule has 0 saturated carbocycles. The number of aliphatic hydroxyl groups excluding tert-OH is 1. The SMILES string of the molecule is CC(OC=O)[C@]1(S2(C=O)C=CC(O)=C2)CCCN1. The van der Waals surface area contributed by atoms with Crippen molar-refractivity contribution in [1.82, 2.24) is 5.32 Å². The van der Waals surface area contributed by atoms with Crippen molar-refractivity contribution in [3.05, 3.63) is 22.7 Å². The topological polar surface area (TPSA) is 75.6 Å². The molecule has 0 amide bonds. The molecular weight excluding hydrogens is 254 g/mol. The quantitative estimate of drug-likeness (QED) is 0.742. The van der Waals surface area contributed by atoms with E-state index in [9.17, 15) is 14.7 Å². The molecular formula is C12H17NO4S. The van der Waals surface area contributed by atoms with Gasteiger partial charge in [-0.25, -0.2) is 0 Å². The molecule has 100 valence electrons. The Morgan fingerprint density at radius 1 is 1.61 bits per heavy atom. The van der Waals surface area contributed by atoms with Crippen LogP contribution in [0.5, 0.6) is 0 Å². The fourth-order valence-electron chi connectivity index (χ4n) is 2.70. The van der Waals surface area contributed by atoms with Gasteiger partial charge >= 0.3 is 0 Å². The molecule has 2 aliphatic rings. The molecule has 0 aromatic heterocycles. The summed E-state index contributed by atoms with van der Waals surface area (Å²) < 4.78 is 5.08. The number of ether oxygens (including phenoxy) is 1. The third-order valence-electron chi connectivity index (χ3n) is 3.64. The van der Waals surface area contributed by atoms with Gasteiger partial charge in [0.2, 0.25) is 0 Å². The predicted octanol–water partition coefficient (Wildman–Crippen LogP) is 1.55. The van der Waals surface area contributed by atoms with E-state index in [1.807, 2.05) is 0 Å². The molecule has 0 aromatic carbocycles. The van der Waals surface area contributed by atoms with Crippen LogP contribution < -0.4 is 5.32 Å². The number of rotatable bonds is 5. The highest BCUT2D eigenvalue weighted by Gasteiger charge is 2.53. The first kappa shape index (κ1) is 13.2. The van der Waals surface area contributed by atoms with Crippen molar-refractivity contribution in [1.29, 1.82) is 0 Å². The van der Waals surface area contributed by atoms with Crippen LogP contribution in [-0.2, 0) is 14.3 Å². The lowest BCUT2D eigenvalue weighted by Crippen LogP contribution is -2.52. The molecule has 2 heterocycles. The summed E-state index contributed by atoms with van der Waals surface area (Å²) in [6.45, 7) is 2.96. The van der Waals surface area contributed by atoms with Crippen LogP contribution in [-0.4, -0.2) is 34.7 Å². The zero-order valence-electron chi connectivity index (χ0n) is 10.2. The Kier molecular flexibility index (Phi) is 3.49. The lowest BCUT2D eigenvalue weighted by atomic mass is 10.1. The number of carbonyl (C=O) groups is 2. The lowest BCUT2D eigenvalue weighted by Gasteiger charge is -2.47. The number of nitrogens with one attached hydrogen (secondary N) is 1. The minimum atomic E-state index is -1.98. The fourth-order valence-corrected chi connectivity index (χ4v) is 5.85. The third-order valence-corrected chi connectivity index (χ3v) is 7.11. The molecule has 0 spiro atoms. The Labute approximate surface area is 107 Å². The maximum Gasteiger partial charge on any atom is 0.293 e. The van der Waals surface area contributed by atoms with Gasteiger partial charge in [-0.2, -0.15) is 0 Å². The highest BCUT2D eigenvalue weighted by Crippen LogP contribution is 2.65. The van der Waals surface area contributed by atoms with Crippen LogP contribution in [0, 0.1) is 0 Å². The van der Waals surface area contributed by atoms with Crippen molar-refractivity contribution in [2.75, 3.05) is 6.54 Å². The third kappa shape index (κ3) is 1.76. The summed E-state index contributed by atoms with van der Waals surface area (Å²) in [6.07, 6.45) is 2.77. The van der Waals surface area contributed by atoms with Gasteiger partial charge in [0.1, 0.15) is 11.9 Å². The van der Waals surface area contributed by atoms with E-state index in [4.69, 9.17) is 4.74 Å². The maximum absolute atomic E-state index is 11.6. The van der Waals surface area contributed by atoms with Crippen LogP contribution in [0.15, 0.2) is 22.7 Å². The van der Waals surface area contributed by atoms with Gasteiger partial charge in [-0.1, -0.05) is 0 Å². The van der Waals surface area contributed by atoms with Crippen molar-refractivity contribution >= 4 is 22.1 Å². The standard InChI is InChI=1S/C12H17NO4S/c1-10(17-8-14)12(4-2-5-13-12)18(9-15)6-3-11(16)7-18/h3,6-10,13,16H,2,4-5H2,1H3/t10?,12-/m1/s1. The normalized spacial score (nSPS) is 39.7. The van der Waals surface area contributed by atoms with E-state index in [-0.39, 0.29) is 5.76 Å². The monoisotopic (exact) mass is 271 g/mol. The summed E-state index contributed by atoms with van der Waals surface area (Å²) in [5.41, 5.74) is 0.885. The Hall–Kier alpha value is -1.27. The summed E-state index contributed by atoms with van der Waals surface area (Å²) in [4.78, 5) is 21.6. The molecule has 2 unspecified atom stereocenters. The Morgan fingerprint density at radius 3 is 2.83 bits per heavy atom. The first-order valence-electron chi connectivity index (χ1n) is 5.81. The second-order valence-corrected chi connectivity index (χ2v) is 7.45. The van der Waals surface area contributed by atoms with Gasteiger partial charge in [-0.3, -0.25) is 9.59 Å². The zero-order chi connectivity index (χ0) is 13.2. The van der Waals surface area contributed by atoms with Gasteiger partial charge in [-0.15, -0.1) is 10.0 Å².